The van der Waals surface area contributed by atoms with E-state index >= 15 is 0 Å². The van der Waals surface area contributed by atoms with Gasteiger partial charge in [0.05, 0.1) is 30.8 Å². The lowest BCUT2D eigenvalue weighted by Crippen LogP contribution is -2.46. The molecule has 2 fully saturated rings. The average molecular weight is 412 g/mol. The van der Waals surface area contributed by atoms with Gasteiger partial charge >= 0.3 is 0 Å². The van der Waals surface area contributed by atoms with Crippen molar-refractivity contribution in [1.82, 2.24) is 15.0 Å². The van der Waals surface area contributed by atoms with Crippen molar-refractivity contribution in [2.75, 3.05) is 54.5 Å². The molecule has 9 nitrogen and oxygen atoms in total. The summed E-state index contributed by atoms with van der Waals surface area (Å²) in [5.74, 6) is 1.73. The van der Waals surface area contributed by atoms with E-state index in [-0.39, 0.29) is 18.1 Å². The molecule has 0 saturated carbocycles. The van der Waals surface area contributed by atoms with Crippen LogP contribution in [0.2, 0.25) is 0 Å². The number of morpholine rings is 2. The molecule has 2 aromatic rings. The summed E-state index contributed by atoms with van der Waals surface area (Å²) in [6.45, 7) is 10.2. The number of nitrogens with one attached hydrogen (secondary N) is 1. The normalized spacial score (nSPS) is 22.6. The topological polar surface area (TPSA) is 92.7 Å². The van der Waals surface area contributed by atoms with Gasteiger partial charge in [0.25, 0.3) is 0 Å². The largest absolute Gasteiger partial charge is 0.378 e. The van der Waals surface area contributed by atoms with Crippen LogP contribution in [0.15, 0.2) is 24.3 Å². The Bertz CT molecular complexity index is 934. The maximum atomic E-state index is 11.9. The van der Waals surface area contributed by atoms with Gasteiger partial charge in [0.2, 0.25) is 11.9 Å². The van der Waals surface area contributed by atoms with Gasteiger partial charge in [-0.3, -0.25) is 4.79 Å². The summed E-state index contributed by atoms with van der Waals surface area (Å²) < 4.78 is 11.4. The number of ether oxygens (including phenoxy) is 2. The van der Waals surface area contributed by atoms with E-state index in [2.05, 4.69) is 33.9 Å². The molecule has 4 heterocycles. The highest BCUT2D eigenvalue weighted by Crippen LogP contribution is 2.28. The number of amides is 1. The molecular formula is C21H28N6O3. The number of pyridine rings is 1. The fourth-order valence-electron chi connectivity index (χ4n) is 3.87. The second-order valence-corrected chi connectivity index (χ2v) is 7.67. The van der Waals surface area contributed by atoms with Gasteiger partial charge in [-0.2, -0.15) is 9.97 Å². The molecule has 160 valence electrons. The number of aromatic nitrogens is 3. The molecule has 2 aliphatic heterocycles. The van der Waals surface area contributed by atoms with Gasteiger partial charge in [0.15, 0.2) is 5.65 Å². The van der Waals surface area contributed by atoms with Crippen molar-refractivity contribution in [1.29, 1.82) is 0 Å². The van der Waals surface area contributed by atoms with Crippen LogP contribution in [0, 0.1) is 0 Å². The van der Waals surface area contributed by atoms with Crippen LogP contribution in [0.25, 0.3) is 11.0 Å². The van der Waals surface area contributed by atoms with Crippen molar-refractivity contribution in [3.63, 3.8) is 0 Å². The molecule has 2 atom stereocenters. The number of hydrogen-bond acceptors (Lipinski definition) is 8. The Morgan fingerprint density at radius 2 is 1.83 bits per heavy atom. The third-order valence-corrected chi connectivity index (χ3v) is 5.11. The van der Waals surface area contributed by atoms with E-state index in [0.717, 1.165) is 37.4 Å². The Morgan fingerprint density at radius 3 is 2.53 bits per heavy atom. The fourth-order valence-corrected chi connectivity index (χ4v) is 3.87. The number of carbonyl (C=O) groups excluding carboxylic acids is 1. The zero-order valence-electron chi connectivity index (χ0n) is 17.7. The summed E-state index contributed by atoms with van der Waals surface area (Å²) in [7, 11) is 0. The second-order valence-electron chi connectivity index (χ2n) is 7.67. The van der Waals surface area contributed by atoms with E-state index in [9.17, 15) is 4.79 Å². The molecule has 2 aromatic heterocycles. The van der Waals surface area contributed by atoms with E-state index in [0.29, 0.717) is 30.6 Å². The monoisotopic (exact) mass is 412 g/mol. The number of hydrogen-bond donors (Lipinski definition) is 1. The molecule has 0 aromatic carbocycles. The van der Waals surface area contributed by atoms with Crippen molar-refractivity contribution in [3.05, 3.63) is 24.3 Å². The lowest BCUT2D eigenvalue weighted by molar-refractivity contribution is -0.111. The van der Waals surface area contributed by atoms with E-state index in [1.165, 1.54) is 6.08 Å². The van der Waals surface area contributed by atoms with Crippen LogP contribution in [0.3, 0.4) is 0 Å². The third kappa shape index (κ3) is 4.52. The van der Waals surface area contributed by atoms with E-state index in [1.54, 1.807) is 19.1 Å². The first-order chi connectivity index (χ1) is 14.5. The highest BCUT2D eigenvalue weighted by Gasteiger charge is 2.26. The number of carbonyl (C=O) groups is 1. The lowest BCUT2D eigenvalue weighted by Gasteiger charge is -2.36. The Labute approximate surface area is 176 Å². The number of nitrogens with zero attached hydrogens (tertiary/aromatic N) is 5. The Kier molecular flexibility index (Phi) is 6.10. The maximum Gasteiger partial charge on any atom is 0.249 e. The lowest BCUT2D eigenvalue weighted by atomic mass is 10.2. The molecule has 0 aliphatic carbocycles. The SMILES string of the molecule is CC=CC(=O)Nc1ccc2c(N3CCOCC3)nc(N3CC(C)OC(C)C3)nc2n1. The molecule has 0 radical (unpaired) electrons. The Hall–Kier alpha value is -2.78. The maximum absolute atomic E-state index is 11.9. The van der Waals surface area contributed by atoms with Gasteiger partial charge in [-0.1, -0.05) is 6.08 Å². The minimum Gasteiger partial charge on any atom is -0.378 e. The number of anilines is 3. The van der Waals surface area contributed by atoms with E-state index < -0.39 is 0 Å². The smallest absolute Gasteiger partial charge is 0.249 e. The zero-order valence-corrected chi connectivity index (χ0v) is 17.7. The van der Waals surface area contributed by atoms with Gasteiger partial charge < -0.3 is 24.6 Å². The first-order valence-electron chi connectivity index (χ1n) is 10.4. The Morgan fingerprint density at radius 1 is 1.10 bits per heavy atom. The minimum absolute atomic E-state index is 0.0966. The highest BCUT2D eigenvalue weighted by atomic mass is 16.5. The van der Waals surface area contributed by atoms with Crippen LogP contribution in [-0.2, 0) is 14.3 Å². The molecule has 2 unspecified atom stereocenters. The van der Waals surface area contributed by atoms with Gasteiger partial charge in [-0.05, 0) is 39.0 Å². The summed E-state index contributed by atoms with van der Waals surface area (Å²) in [6.07, 6.45) is 3.35. The van der Waals surface area contributed by atoms with Crippen LogP contribution in [0.1, 0.15) is 20.8 Å². The molecular weight excluding hydrogens is 384 g/mol. The van der Waals surface area contributed by atoms with Crippen molar-refractivity contribution in [2.24, 2.45) is 0 Å². The second kappa shape index (κ2) is 8.93. The van der Waals surface area contributed by atoms with Crippen LogP contribution in [0.5, 0.6) is 0 Å². The molecule has 30 heavy (non-hydrogen) atoms. The highest BCUT2D eigenvalue weighted by molar-refractivity contribution is 5.99. The summed E-state index contributed by atoms with van der Waals surface area (Å²) in [5.41, 5.74) is 0.562. The van der Waals surface area contributed by atoms with Crippen LogP contribution < -0.4 is 15.1 Å². The van der Waals surface area contributed by atoms with Crippen LogP contribution >= 0.6 is 0 Å². The molecule has 1 amide bonds. The number of fused-ring (bicyclic) bond motifs is 1. The number of rotatable bonds is 4. The van der Waals surface area contributed by atoms with E-state index in [1.807, 2.05) is 6.07 Å². The van der Waals surface area contributed by atoms with Crippen molar-refractivity contribution >= 4 is 34.5 Å². The average Bonchev–Trinajstić information content (AvgIpc) is 2.73. The minimum atomic E-state index is -0.220. The standard InChI is InChI=1S/C21H28N6O3/c1-4-5-18(28)22-17-7-6-16-19(23-17)24-21(27-12-14(2)30-15(3)13-27)25-20(16)26-8-10-29-11-9-26/h4-7,14-15H,8-13H2,1-3H3,(H,22,23,24,25,28). The van der Waals surface area contributed by atoms with Gasteiger partial charge in [-0.25, -0.2) is 4.98 Å². The summed E-state index contributed by atoms with van der Waals surface area (Å²) in [5, 5.41) is 3.64. The Balaban J connectivity index is 1.75. The first-order valence-corrected chi connectivity index (χ1v) is 10.4. The molecule has 4 rings (SSSR count). The molecule has 9 heteroatoms. The van der Waals surface area contributed by atoms with Gasteiger partial charge in [-0.15, -0.1) is 0 Å². The molecule has 1 N–H and O–H groups in total. The predicted molar refractivity (Wildman–Crippen MR) is 116 cm³/mol. The molecule has 2 aliphatic rings. The quantitative estimate of drug-likeness (QED) is 0.762. The predicted octanol–water partition coefficient (Wildman–Crippen LogP) is 1.99. The van der Waals surface area contributed by atoms with Crippen molar-refractivity contribution in [2.45, 2.75) is 33.0 Å². The molecule has 0 spiro atoms. The summed E-state index contributed by atoms with van der Waals surface area (Å²) in [4.78, 5) is 30.6. The van der Waals surface area contributed by atoms with Crippen molar-refractivity contribution in [3.8, 4) is 0 Å². The summed E-state index contributed by atoms with van der Waals surface area (Å²) in [6, 6.07) is 3.71. The zero-order chi connectivity index (χ0) is 21.1. The fraction of sp³-hybridized carbons (Fsp3) is 0.524. The van der Waals surface area contributed by atoms with Crippen molar-refractivity contribution < 1.29 is 14.3 Å². The molecule has 0 bridgehead atoms. The van der Waals surface area contributed by atoms with Crippen LogP contribution in [-0.4, -0.2) is 72.5 Å². The summed E-state index contributed by atoms with van der Waals surface area (Å²) >= 11 is 0. The molecule has 2 saturated heterocycles. The van der Waals surface area contributed by atoms with Gasteiger partial charge in [0.1, 0.15) is 11.6 Å². The van der Waals surface area contributed by atoms with Gasteiger partial charge in [0, 0.05) is 26.2 Å². The van der Waals surface area contributed by atoms with Crippen LogP contribution in [0.4, 0.5) is 17.6 Å². The van der Waals surface area contributed by atoms with E-state index in [4.69, 9.17) is 19.4 Å². The third-order valence-electron chi connectivity index (χ3n) is 5.11. The number of allylic oxidation sites excluding steroid dienone is 1. The first kappa shape index (κ1) is 20.5.